The molecule has 21 heavy (non-hydrogen) atoms. The number of hydrogen-bond acceptors (Lipinski definition) is 4. The average Bonchev–Trinajstić information content (AvgIpc) is 2.91. The van der Waals surface area contributed by atoms with Crippen molar-refractivity contribution in [1.29, 1.82) is 0 Å². The fraction of sp³-hybridized carbons (Fsp3) is 0.438. The summed E-state index contributed by atoms with van der Waals surface area (Å²) < 4.78 is 12.7. The SMILES string of the molecule is COc1cc2c(cc1OC)C(Cc1ccn(C)n1)NCC2. The first-order chi connectivity index (χ1) is 10.2. The van der Waals surface area contributed by atoms with Gasteiger partial charge >= 0.3 is 0 Å². The molecule has 1 N–H and O–H groups in total. The van der Waals surface area contributed by atoms with Crippen molar-refractivity contribution in [1.82, 2.24) is 15.1 Å². The third kappa shape index (κ3) is 2.74. The van der Waals surface area contributed by atoms with E-state index in [0.717, 1.165) is 36.6 Å². The summed E-state index contributed by atoms with van der Waals surface area (Å²) in [4.78, 5) is 0. The van der Waals surface area contributed by atoms with Gasteiger partial charge in [-0.05, 0) is 42.3 Å². The molecule has 0 radical (unpaired) electrons. The molecule has 1 aromatic carbocycles. The van der Waals surface area contributed by atoms with Crippen LogP contribution in [-0.2, 0) is 19.9 Å². The Kier molecular flexibility index (Phi) is 3.84. The zero-order valence-electron chi connectivity index (χ0n) is 12.7. The van der Waals surface area contributed by atoms with Crippen LogP contribution in [0.4, 0.5) is 0 Å². The van der Waals surface area contributed by atoms with Crippen LogP contribution in [0.2, 0.25) is 0 Å². The van der Waals surface area contributed by atoms with Gasteiger partial charge in [0.1, 0.15) is 0 Å². The predicted octanol–water partition coefficient (Wildman–Crippen LogP) is 1.87. The van der Waals surface area contributed by atoms with E-state index in [9.17, 15) is 0 Å². The van der Waals surface area contributed by atoms with E-state index < -0.39 is 0 Å². The molecule has 1 aliphatic heterocycles. The van der Waals surface area contributed by atoms with Crippen molar-refractivity contribution in [2.24, 2.45) is 7.05 Å². The van der Waals surface area contributed by atoms with Gasteiger partial charge in [0.05, 0.1) is 19.9 Å². The first-order valence-electron chi connectivity index (χ1n) is 7.18. The second kappa shape index (κ2) is 5.77. The number of benzene rings is 1. The molecule has 1 atom stereocenters. The number of rotatable bonds is 4. The van der Waals surface area contributed by atoms with Crippen molar-refractivity contribution in [3.8, 4) is 11.5 Å². The van der Waals surface area contributed by atoms with Crippen LogP contribution in [0, 0.1) is 0 Å². The lowest BCUT2D eigenvalue weighted by Crippen LogP contribution is -2.31. The van der Waals surface area contributed by atoms with Gasteiger partial charge in [-0.1, -0.05) is 0 Å². The molecule has 2 aromatic rings. The number of fused-ring (bicyclic) bond motifs is 1. The molecule has 0 saturated carbocycles. The minimum absolute atomic E-state index is 0.267. The van der Waals surface area contributed by atoms with E-state index >= 15 is 0 Å². The van der Waals surface area contributed by atoms with E-state index in [1.54, 1.807) is 14.2 Å². The summed E-state index contributed by atoms with van der Waals surface area (Å²) >= 11 is 0. The van der Waals surface area contributed by atoms with Crippen molar-refractivity contribution in [3.05, 3.63) is 41.2 Å². The minimum atomic E-state index is 0.267. The molecular formula is C16H21N3O2. The quantitative estimate of drug-likeness (QED) is 0.932. The van der Waals surface area contributed by atoms with E-state index in [4.69, 9.17) is 9.47 Å². The lowest BCUT2D eigenvalue weighted by Gasteiger charge is -2.27. The van der Waals surface area contributed by atoms with Gasteiger partial charge < -0.3 is 14.8 Å². The summed E-state index contributed by atoms with van der Waals surface area (Å²) in [6.07, 6.45) is 3.87. The summed E-state index contributed by atoms with van der Waals surface area (Å²) in [5, 5.41) is 8.05. The van der Waals surface area contributed by atoms with Gasteiger partial charge in [0.2, 0.25) is 0 Å². The van der Waals surface area contributed by atoms with Gasteiger partial charge in [-0.15, -0.1) is 0 Å². The number of ether oxygens (including phenoxy) is 2. The van der Waals surface area contributed by atoms with Crippen LogP contribution in [0.25, 0.3) is 0 Å². The molecule has 3 rings (SSSR count). The highest BCUT2D eigenvalue weighted by atomic mass is 16.5. The second-order valence-electron chi connectivity index (χ2n) is 5.35. The van der Waals surface area contributed by atoms with Crippen LogP contribution in [0.1, 0.15) is 22.9 Å². The lowest BCUT2D eigenvalue weighted by molar-refractivity contribution is 0.352. The number of nitrogens with zero attached hydrogens (tertiary/aromatic N) is 2. The molecule has 0 saturated heterocycles. The Morgan fingerprint density at radius 3 is 2.71 bits per heavy atom. The molecule has 2 heterocycles. The van der Waals surface area contributed by atoms with Crippen molar-refractivity contribution in [2.75, 3.05) is 20.8 Å². The molecule has 1 unspecified atom stereocenters. The monoisotopic (exact) mass is 287 g/mol. The molecular weight excluding hydrogens is 266 g/mol. The molecule has 5 heteroatoms. The molecule has 0 amide bonds. The fourth-order valence-corrected chi connectivity index (χ4v) is 2.93. The van der Waals surface area contributed by atoms with Crippen LogP contribution < -0.4 is 14.8 Å². The highest BCUT2D eigenvalue weighted by Gasteiger charge is 2.23. The summed E-state index contributed by atoms with van der Waals surface area (Å²) in [5.74, 6) is 1.58. The van der Waals surface area contributed by atoms with E-state index in [0.29, 0.717) is 0 Å². The Balaban J connectivity index is 1.93. The Bertz CT molecular complexity index is 636. The van der Waals surface area contributed by atoms with Crippen LogP contribution in [-0.4, -0.2) is 30.5 Å². The summed E-state index contributed by atoms with van der Waals surface area (Å²) in [7, 11) is 5.30. The average molecular weight is 287 g/mol. The normalized spacial score (nSPS) is 17.4. The topological polar surface area (TPSA) is 48.3 Å². The summed E-state index contributed by atoms with van der Waals surface area (Å²) in [6.45, 7) is 0.972. The molecule has 1 aromatic heterocycles. The molecule has 0 spiro atoms. The Morgan fingerprint density at radius 2 is 2.05 bits per heavy atom. The molecule has 0 aliphatic carbocycles. The zero-order valence-corrected chi connectivity index (χ0v) is 12.7. The number of hydrogen-bond donors (Lipinski definition) is 1. The highest BCUT2D eigenvalue weighted by Crippen LogP contribution is 2.35. The summed E-state index contributed by atoms with van der Waals surface area (Å²) in [5.41, 5.74) is 3.70. The highest BCUT2D eigenvalue weighted by molar-refractivity contribution is 5.49. The summed E-state index contributed by atoms with van der Waals surface area (Å²) in [6, 6.07) is 6.52. The van der Waals surface area contributed by atoms with Crippen LogP contribution >= 0.6 is 0 Å². The van der Waals surface area contributed by atoms with Crippen LogP contribution in [0.3, 0.4) is 0 Å². The maximum Gasteiger partial charge on any atom is 0.161 e. The number of aryl methyl sites for hydroxylation is 1. The largest absolute Gasteiger partial charge is 0.493 e. The smallest absolute Gasteiger partial charge is 0.161 e. The van der Waals surface area contributed by atoms with Crippen molar-refractivity contribution < 1.29 is 9.47 Å². The third-order valence-corrected chi connectivity index (χ3v) is 3.99. The van der Waals surface area contributed by atoms with E-state index in [-0.39, 0.29) is 6.04 Å². The molecule has 1 aliphatic rings. The number of nitrogens with one attached hydrogen (secondary N) is 1. The van der Waals surface area contributed by atoms with Gasteiger partial charge in [0.25, 0.3) is 0 Å². The van der Waals surface area contributed by atoms with Crippen LogP contribution in [0.5, 0.6) is 11.5 Å². The molecule has 5 nitrogen and oxygen atoms in total. The Hall–Kier alpha value is -2.01. The maximum absolute atomic E-state index is 5.43. The lowest BCUT2D eigenvalue weighted by atomic mass is 9.91. The standard InChI is InChI=1S/C16H21N3O2/c1-19-7-5-12(18-19)9-14-13-10-16(21-3)15(20-2)8-11(13)4-6-17-14/h5,7-8,10,14,17H,4,6,9H2,1-3H3. The fourth-order valence-electron chi connectivity index (χ4n) is 2.93. The van der Waals surface area contributed by atoms with Gasteiger partial charge in [-0.2, -0.15) is 5.10 Å². The maximum atomic E-state index is 5.43. The van der Waals surface area contributed by atoms with Gasteiger partial charge in [0.15, 0.2) is 11.5 Å². The van der Waals surface area contributed by atoms with E-state index in [1.165, 1.54) is 11.1 Å². The van der Waals surface area contributed by atoms with E-state index in [2.05, 4.69) is 28.6 Å². The Labute approximate surface area is 124 Å². The second-order valence-corrected chi connectivity index (χ2v) is 5.35. The zero-order chi connectivity index (χ0) is 14.8. The molecule has 0 fully saturated rings. The van der Waals surface area contributed by atoms with Crippen molar-refractivity contribution >= 4 is 0 Å². The van der Waals surface area contributed by atoms with E-state index in [1.807, 2.05) is 17.9 Å². The number of aromatic nitrogens is 2. The molecule has 0 bridgehead atoms. The van der Waals surface area contributed by atoms with Gasteiger partial charge in [0, 0.05) is 25.7 Å². The predicted molar refractivity (Wildman–Crippen MR) is 80.9 cm³/mol. The Morgan fingerprint density at radius 1 is 1.29 bits per heavy atom. The molecule has 112 valence electrons. The van der Waals surface area contributed by atoms with Crippen molar-refractivity contribution in [3.63, 3.8) is 0 Å². The van der Waals surface area contributed by atoms with Crippen LogP contribution in [0.15, 0.2) is 24.4 Å². The number of methoxy groups -OCH3 is 2. The van der Waals surface area contributed by atoms with Gasteiger partial charge in [-0.25, -0.2) is 0 Å². The third-order valence-electron chi connectivity index (χ3n) is 3.99. The minimum Gasteiger partial charge on any atom is -0.493 e. The van der Waals surface area contributed by atoms with Gasteiger partial charge in [-0.3, -0.25) is 4.68 Å². The first kappa shape index (κ1) is 13.9. The first-order valence-corrected chi connectivity index (χ1v) is 7.18. The van der Waals surface area contributed by atoms with Crippen molar-refractivity contribution in [2.45, 2.75) is 18.9 Å².